The molecule has 2 aromatic rings. The highest BCUT2D eigenvalue weighted by Crippen LogP contribution is 2.24. The Morgan fingerprint density at radius 3 is 2.60 bits per heavy atom. The second-order valence-electron chi connectivity index (χ2n) is 5.19. The summed E-state index contributed by atoms with van der Waals surface area (Å²) in [5.74, 6) is 1.14. The molecule has 2 N–H and O–H groups in total. The number of nitrogens with zero attached hydrogens (tertiary/aromatic N) is 3. The smallest absolute Gasteiger partial charge is 0.321 e. The van der Waals surface area contributed by atoms with Crippen molar-refractivity contribution in [1.29, 1.82) is 0 Å². The molecule has 1 heterocycles. The summed E-state index contributed by atoms with van der Waals surface area (Å²) in [6.45, 7) is 2.47. The van der Waals surface area contributed by atoms with Crippen molar-refractivity contribution in [3.8, 4) is 17.1 Å². The molecule has 9 heteroatoms. The number of urea groups is 1. The van der Waals surface area contributed by atoms with Crippen LogP contribution >= 0.6 is 11.8 Å². The van der Waals surface area contributed by atoms with Gasteiger partial charge in [0.2, 0.25) is 5.91 Å². The second kappa shape index (κ2) is 9.07. The number of ether oxygens (including phenoxy) is 1. The molecule has 0 aliphatic heterocycles. The third kappa shape index (κ3) is 5.21. The Kier molecular flexibility index (Phi) is 6.81. The topological polar surface area (TPSA) is 98.1 Å². The fraction of sp³-hybridized carbons (Fsp3) is 0.375. The molecular weight excluding hydrogens is 342 g/mol. The number of imide groups is 1. The van der Waals surface area contributed by atoms with Gasteiger partial charge in [0.1, 0.15) is 5.75 Å². The fourth-order valence-corrected chi connectivity index (χ4v) is 2.72. The predicted molar refractivity (Wildman–Crippen MR) is 95.5 cm³/mol. The number of methoxy groups -OCH3 is 1. The van der Waals surface area contributed by atoms with E-state index in [1.807, 2.05) is 38.2 Å². The van der Waals surface area contributed by atoms with Gasteiger partial charge in [-0.1, -0.05) is 18.7 Å². The van der Waals surface area contributed by atoms with Crippen molar-refractivity contribution in [1.82, 2.24) is 25.4 Å². The van der Waals surface area contributed by atoms with Gasteiger partial charge in [0, 0.05) is 19.2 Å². The summed E-state index contributed by atoms with van der Waals surface area (Å²) in [5.41, 5.74) is 0.894. The number of carbonyl (C=O) groups excluding carboxylic acids is 2. The average Bonchev–Trinajstić information content (AvgIpc) is 2.99. The van der Waals surface area contributed by atoms with Crippen LogP contribution in [-0.2, 0) is 11.8 Å². The van der Waals surface area contributed by atoms with E-state index in [4.69, 9.17) is 4.74 Å². The van der Waals surface area contributed by atoms with Crippen LogP contribution in [0.5, 0.6) is 5.75 Å². The van der Waals surface area contributed by atoms with Crippen molar-refractivity contribution in [3.63, 3.8) is 0 Å². The Labute approximate surface area is 150 Å². The molecule has 25 heavy (non-hydrogen) atoms. The summed E-state index contributed by atoms with van der Waals surface area (Å²) in [4.78, 5) is 23.2. The van der Waals surface area contributed by atoms with Gasteiger partial charge in [-0.3, -0.25) is 10.1 Å². The van der Waals surface area contributed by atoms with E-state index in [0.717, 1.165) is 17.7 Å². The third-order valence-electron chi connectivity index (χ3n) is 3.30. The standard InChI is InChI=1S/C16H21N5O3S/c1-4-9-17-15(23)18-13(22)10-25-16-20-19-14(21(16)2)11-5-7-12(24-3)8-6-11/h5-8H,4,9-10H2,1-3H3,(H2,17,18,22,23). The van der Waals surface area contributed by atoms with Gasteiger partial charge in [-0.2, -0.15) is 0 Å². The van der Waals surface area contributed by atoms with Gasteiger partial charge >= 0.3 is 6.03 Å². The van der Waals surface area contributed by atoms with E-state index < -0.39 is 6.03 Å². The van der Waals surface area contributed by atoms with Crippen LogP contribution in [0.15, 0.2) is 29.4 Å². The third-order valence-corrected chi connectivity index (χ3v) is 4.32. The Balaban J connectivity index is 1.94. The molecule has 0 saturated heterocycles. The predicted octanol–water partition coefficient (Wildman–Crippen LogP) is 1.82. The highest BCUT2D eigenvalue weighted by molar-refractivity contribution is 7.99. The van der Waals surface area contributed by atoms with Crippen LogP contribution in [0, 0.1) is 0 Å². The number of aromatic nitrogens is 3. The molecule has 1 aromatic heterocycles. The summed E-state index contributed by atoms with van der Waals surface area (Å²) >= 11 is 1.22. The molecule has 0 atom stereocenters. The van der Waals surface area contributed by atoms with Crippen LogP contribution in [0.25, 0.3) is 11.4 Å². The van der Waals surface area contributed by atoms with Crippen LogP contribution < -0.4 is 15.4 Å². The lowest BCUT2D eigenvalue weighted by Crippen LogP contribution is -2.40. The van der Waals surface area contributed by atoms with Crippen molar-refractivity contribution in [2.75, 3.05) is 19.4 Å². The van der Waals surface area contributed by atoms with Crippen molar-refractivity contribution < 1.29 is 14.3 Å². The number of carbonyl (C=O) groups is 2. The van der Waals surface area contributed by atoms with Gasteiger partial charge in [0.25, 0.3) is 0 Å². The maximum absolute atomic E-state index is 11.8. The number of hydrogen-bond acceptors (Lipinski definition) is 6. The molecule has 0 unspecified atom stereocenters. The molecule has 0 fully saturated rings. The van der Waals surface area contributed by atoms with Crippen LogP contribution in [0.1, 0.15) is 13.3 Å². The van der Waals surface area contributed by atoms with Crippen LogP contribution in [0.2, 0.25) is 0 Å². The zero-order valence-corrected chi connectivity index (χ0v) is 15.2. The molecule has 8 nitrogen and oxygen atoms in total. The Bertz CT molecular complexity index is 730. The van der Waals surface area contributed by atoms with E-state index in [2.05, 4.69) is 20.8 Å². The Morgan fingerprint density at radius 1 is 1.24 bits per heavy atom. The van der Waals surface area contributed by atoms with E-state index in [0.29, 0.717) is 17.5 Å². The van der Waals surface area contributed by atoms with Gasteiger partial charge < -0.3 is 14.6 Å². The molecule has 2 rings (SSSR count). The summed E-state index contributed by atoms with van der Waals surface area (Å²) < 4.78 is 6.94. The number of amides is 3. The van der Waals surface area contributed by atoms with Crippen LogP contribution in [-0.4, -0.2) is 46.1 Å². The molecule has 1 aromatic carbocycles. The quantitative estimate of drug-likeness (QED) is 0.728. The summed E-state index contributed by atoms with van der Waals surface area (Å²) in [5, 5.41) is 13.7. The molecular formula is C16H21N5O3S. The molecule has 0 bridgehead atoms. The zero-order valence-electron chi connectivity index (χ0n) is 14.4. The minimum atomic E-state index is -0.482. The van der Waals surface area contributed by atoms with E-state index >= 15 is 0 Å². The molecule has 0 aliphatic carbocycles. The highest BCUT2D eigenvalue weighted by Gasteiger charge is 2.14. The van der Waals surface area contributed by atoms with Gasteiger partial charge in [0.15, 0.2) is 11.0 Å². The van der Waals surface area contributed by atoms with Crippen LogP contribution in [0.3, 0.4) is 0 Å². The number of thioether (sulfide) groups is 1. The van der Waals surface area contributed by atoms with Crippen molar-refractivity contribution in [2.45, 2.75) is 18.5 Å². The van der Waals surface area contributed by atoms with E-state index in [1.165, 1.54) is 11.8 Å². The normalized spacial score (nSPS) is 10.4. The minimum Gasteiger partial charge on any atom is -0.497 e. The fourth-order valence-electron chi connectivity index (χ4n) is 2.01. The molecule has 0 aliphatic rings. The lowest BCUT2D eigenvalue weighted by Gasteiger charge is -2.06. The first kappa shape index (κ1) is 18.8. The number of rotatable bonds is 7. The average molecular weight is 363 g/mol. The van der Waals surface area contributed by atoms with Crippen molar-refractivity contribution >= 4 is 23.7 Å². The van der Waals surface area contributed by atoms with Gasteiger partial charge in [0.05, 0.1) is 12.9 Å². The lowest BCUT2D eigenvalue weighted by molar-refractivity contribution is -0.117. The summed E-state index contributed by atoms with van der Waals surface area (Å²) in [6.07, 6.45) is 0.809. The van der Waals surface area contributed by atoms with Crippen molar-refractivity contribution in [2.24, 2.45) is 7.05 Å². The maximum Gasteiger partial charge on any atom is 0.321 e. The number of hydrogen-bond donors (Lipinski definition) is 2. The SMILES string of the molecule is CCCNC(=O)NC(=O)CSc1nnc(-c2ccc(OC)cc2)n1C. The zero-order chi connectivity index (χ0) is 18.2. The lowest BCUT2D eigenvalue weighted by atomic mass is 10.2. The van der Waals surface area contributed by atoms with E-state index in [1.54, 1.807) is 11.7 Å². The second-order valence-corrected chi connectivity index (χ2v) is 6.13. The van der Waals surface area contributed by atoms with Crippen molar-refractivity contribution in [3.05, 3.63) is 24.3 Å². The monoisotopic (exact) mass is 363 g/mol. The van der Waals surface area contributed by atoms with Gasteiger partial charge in [-0.15, -0.1) is 10.2 Å². The summed E-state index contributed by atoms with van der Waals surface area (Å²) in [7, 11) is 3.44. The molecule has 0 radical (unpaired) electrons. The maximum atomic E-state index is 11.8. The number of nitrogens with one attached hydrogen (secondary N) is 2. The van der Waals surface area contributed by atoms with Gasteiger partial charge in [-0.05, 0) is 30.7 Å². The first-order valence-electron chi connectivity index (χ1n) is 7.79. The van der Waals surface area contributed by atoms with Gasteiger partial charge in [-0.25, -0.2) is 4.79 Å². The first-order valence-corrected chi connectivity index (χ1v) is 8.78. The molecule has 0 spiro atoms. The number of benzene rings is 1. The summed E-state index contributed by atoms with van der Waals surface area (Å²) in [6, 6.07) is 6.99. The highest BCUT2D eigenvalue weighted by atomic mass is 32.2. The van der Waals surface area contributed by atoms with E-state index in [9.17, 15) is 9.59 Å². The molecule has 134 valence electrons. The largest absolute Gasteiger partial charge is 0.497 e. The Morgan fingerprint density at radius 2 is 1.96 bits per heavy atom. The Hall–Kier alpha value is -2.55. The van der Waals surface area contributed by atoms with E-state index in [-0.39, 0.29) is 11.7 Å². The first-order chi connectivity index (χ1) is 12.0. The molecule has 0 saturated carbocycles. The minimum absolute atomic E-state index is 0.0775. The molecule has 3 amide bonds. The van der Waals surface area contributed by atoms with Crippen LogP contribution in [0.4, 0.5) is 4.79 Å².